The molecule has 0 fully saturated rings. The summed E-state index contributed by atoms with van der Waals surface area (Å²) in [5.74, 6) is -0.850. The van der Waals surface area contributed by atoms with Crippen LogP contribution in [0.2, 0.25) is 15.2 Å². The number of rotatable bonds is 5. The summed E-state index contributed by atoms with van der Waals surface area (Å²) in [6, 6.07) is 8.81. The first-order valence-electron chi connectivity index (χ1n) is 8.07. The summed E-state index contributed by atoms with van der Waals surface area (Å²) < 4.78 is 7.37. The molecule has 28 heavy (non-hydrogen) atoms. The number of benzene rings is 1. The van der Waals surface area contributed by atoms with Gasteiger partial charge in [-0.1, -0.05) is 40.9 Å². The van der Waals surface area contributed by atoms with Gasteiger partial charge in [0.25, 0.3) is 0 Å². The van der Waals surface area contributed by atoms with Crippen LogP contribution in [0.5, 0.6) is 11.6 Å². The molecule has 3 rings (SSSR count). The van der Waals surface area contributed by atoms with Crippen molar-refractivity contribution < 1.29 is 14.6 Å². The number of ether oxygens (including phenoxy) is 1. The SMILES string of the molecule is CCn1c(Oc2ccnc(Cl)c2)cc(=O)c(C(=O)O)c1-c1ccc(Cl)c(Cl)c1. The van der Waals surface area contributed by atoms with E-state index in [4.69, 9.17) is 39.5 Å². The molecule has 0 bridgehead atoms. The number of aromatic carboxylic acids is 1. The Morgan fingerprint density at radius 3 is 2.50 bits per heavy atom. The smallest absolute Gasteiger partial charge is 0.341 e. The van der Waals surface area contributed by atoms with Gasteiger partial charge in [0.1, 0.15) is 16.5 Å². The molecular formula is C19H13Cl3N2O4. The molecule has 0 amide bonds. The molecule has 0 atom stereocenters. The van der Waals surface area contributed by atoms with E-state index in [1.807, 2.05) is 0 Å². The molecule has 0 saturated heterocycles. The largest absolute Gasteiger partial charge is 0.477 e. The van der Waals surface area contributed by atoms with Gasteiger partial charge in [-0.05, 0) is 25.1 Å². The first-order chi connectivity index (χ1) is 13.3. The van der Waals surface area contributed by atoms with E-state index in [0.29, 0.717) is 22.9 Å². The average molecular weight is 440 g/mol. The normalized spacial score (nSPS) is 10.7. The van der Waals surface area contributed by atoms with Crippen LogP contribution in [0.1, 0.15) is 17.3 Å². The zero-order valence-electron chi connectivity index (χ0n) is 14.4. The Labute approximate surface area is 174 Å². The Bertz CT molecular complexity index is 1130. The van der Waals surface area contributed by atoms with Gasteiger partial charge in [0.2, 0.25) is 11.3 Å². The van der Waals surface area contributed by atoms with E-state index in [9.17, 15) is 14.7 Å². The van der Waals surface area contributed by atoms with Crippen LogP contribution in [-0.2, 0) is 6.54 Å². The number of hydrogen-bond donors (Lipinski definition) is 1. The minimum atomic E-state index is -1.35. The number of carbonyl (C=O) groups is 1. The van der Waals surface area contributed by atoms with Crippen molar-refractivity contribution in [2.75, 3.05) is 0 Å². The van der Waals surface area contributed by atoms with Crippen molar-refractivity contribution in [2.45, 2.75) is 13.5 Å². The maximum Gasteiger partial charge on any atom is 0.341 e. The minimum absolute atomic E-state index is 0.154. The molecule has 0 aliphatic heterocycles. The summed E-state index contributed by atoms with van der Waals surface area (Å²) in [7, 11) is 0. The third kappa shape index (κ3) is 3.99. The number of pyridine rings is 2. The fourth-order valence-corrected chi connectivity index (χ4v) is 3.20. The summed E-state index contributed by atoms with van der Waals surface area (Å²) in [5.41, 5.74) is -0.506. The number of aromatic nitrogens is 2. The zero-order chi connectivity index (χ0) is 20.4. The van der Waals surface area contributed by atoms with E-state index in [-0.39, 0.29) is 27.3 Å². The molecule has 2 heterocycles. The van der Waals surface area contributed by atoms with Gasteiger partial charge in [0.15, 0.2) is 0 Å². The predicted octanol–water partition coefficient (Wildman–Crippen LogP) is 5.38. The summed E-state index contributed by atoms with van der Waals surface area (Å²) in [6.45, 7) is 2.12. The highest BCUT2D eigenvalue weighted by atomic mass is 35.5. The summed E-state index contributed by atoms with van der Waals surface area (Å²) in [4.78, 5) is 28.3. The van der Waals surface area contributed by atoms with Gasteiger partial charge < -0.3 is 14.4 Å². The van der Waals surface area contributed by atoms with Gasteiger partial charge in [-0.15, -0.1) is 0 Å². The Hall–Kier alpha value is -2.54. The van der Waals surface area contributed by atoms with Crippen molar-refractivity contribution >= 4 is 40.8 Å². The lowest BCUT2D eigenvalue weighted by atomic mass is 10.0. The van der Waals surface area contributed by atoms with Crippen molar-refractivity contribution in [2.24, 2.45) is 0 Å². The topological polar surface area (TPSA) is 81.4 Å². The number of halogens is 3. The van der Waals surface area contributed by atoms with Gasteiger partial charge in [-0.2, -0.15) is 0 Å². The van der Waals surface area contributed by atoms with Crippen molar-refractivity contribution in [1.82, 2.24) is 9.55 Å². The lowest BCUT2D eigenvalue weighted by molar-refractivity contribution is 0.0695. The average Bonchev–Trinajstić information content (AvgIpc) is 2.63. The third-order valence-corrected chi connectivity index (χ3v) is 4.86. The van der Waals surface area contributed by atoms with Crippen LogP contribution >= 0.6 is 34.8 Å². The Morgan fingerprint density at radius 2 is 1.89 bits per heavy atom. The molecule has 9 heteroatoms. The highest BCUT2D eigenvalue weighted by molar-refractivity contribution is 6.42. The Balaban J connectivity index is 2.28. The number of carboxylic acid groups (broad SMARTS) is 1. The van der Waals surface area contributed by atoms with E-state index < -0.39 is 11.4 Å². The monoisotopic (exact) mass is 438 g/mol. The van der Waals surface area contributed by atoms with Crippen molar-refractivity contribution in [3.8, 4) is 22.9 Å². The van der Waals surface area contributed by atoms with Gasteiger partial charge in [0.05, 0.1) is 15.7 Å². The standard InChI is InChI=1S/C19H13Cl3N2O4/c1-2-24-16(28-11-5-6-23-15(22)8-11)9-14(25)17(19(26)27)18(24)10-3-4-12(20)13(21)7-10/h3-9H,2H2,1H3,(H,26,27). The summed E-state index contributed by atoms with van der Waals surface area (Å²) >= 11 is 17.9. The fraction of sp³-hybridized carbons (Fsp3) is 0.105. The van der Waals surface area contributed by atoms with E-state index in [1.54, 1.807) is 23.6 Å². The van der Waals surface area contributed by atoms with Crippen LogP contribution in [-0.4, -0.2) is 20.6 Å². The Morgan fingerprint density at radius 1 is 1.14 bits per heavy atom. The molecule has 0 unspecified atom stereocenters. The molecule has 1 N–H and O–H groups in total. The maximum atomic E-state index is 12.6. The molecule has 3 aromatic rings. The fourth-order valence-electron chi connectivity index (χ4n) is 2.74. The number of carboxylic acids is 1. The van der Waals surface area contributed by atoms with Gasteiger partial charge >= 0.3 is 5.97 Å². The predicted molar refractivity (Wildman–Crippen MR) is 108 cm³/mol. The number of hydrogen-bond acceptors (Lipinski definition) is 4. The molecule has 1 aromatic carbocycles. The van der Waals surface area contributed by atoms with Gasteiger partial charge in [-0.25, -0.2) is 9.78 Å². The van der Waals surface area contributed by atoms with Crippen LogP contribution in [0, 0.1) is 0 Å². The highest BCUT2D eigenvalue weighted by Crippen LogP contribution is 2.33. The molecule has 0 spiro atoms. The molecule has 6 nitrogen and oxygen atoms in total. The molecule has 0 saturated carbocycles. The zero-order valence-corrected chi connectivity index (χ0v) is 16.7. The molecule has 0 aliphatic rings. The highest BCUT2D eigenvalue weighted by Gasteiger charge is 2.23. The van der Waals surface area contributed by atoms with Crippen LogP contribution in [0.25, 0.3) is 11.3 Å². The first kappa shape index (κ1) is 20.2. The second kappa shape index (κ2) is 8.22. The minimum Gasteiger partial charge on any atom is -0.477 e. The van der Waals surface area contributed by atoms with Crippen LogP contribution in [0.4, 0.5) is 0 Å². The number of nitrogens with zero attached hydrogens (tertiary/aromatic N) is 2. The molecule has 144 valence electrons. The van der Waals surface area contributed by atoms with Crippen molar-refractivity contribution in [3.63, 3.8) is 0 Å². The third-order valence-electron chi connectivity index (χ3n) is 3.92. The quantitative estimate of drug-likeness (QED) is 0.540. The summed E-state index contributed by atoms with van der Waals surface area (Å²) in [5, 5.41) is 10.4. The second-order valence-corrected chi connectivity index (χ2v) is 6.87. The van der Waals surface area contributed by atoms with E-state index >= 15 is 0 Å². The van der Waals surface area contributed by atoms with Crippen molar-refractivity contribution in [1.29, 1.82) is 0 Å². The van der Waals surface area contributed by atoms with Crippen molar-refractivity contribution in [3.05, 3.63) is 73.6 Å². The maximum absolute atomic E-state index is 12.6. The first-order valence-corrected chi connectivity index (χ1v) is 9.21. The molecular weight excluding hydrogens is 427 g/mol. The second-order valence-electron chi connectivity index (χ2n) is 5.67. The molecule has 2 aromatic heterocycles. The summed E-state index contributed by atoms with van der Waals surface area (Å²) in [6.07, 6.45) is 1.46. The van der Waals surface area contributed by atoms with Gasteiger partial charge in [-0.3, -0.25) is 4.79 Å². The van der Waals surface area contributed by atoms with Crippen LogP contribution in [0.15, 0.2) is 47.4 Å². The van der Waals surface area contributed by atoms with E-state index in [0.717, 1.165) is 6.07 Å². The van der Waals surface area contributed by atoms with E-state index in [2.05, 4.69) is 4.98 Å². The lowest BCUT2D eigenvalue weighted by Crippen LogP contribution is -2.21. The Kier molecular flexibility index (Phi) is 5.93. The van der Waals surface area contributed by atoms with Crippen LogP contribution in [0.3, 0.4) is 0 Å². The van der Waals surface area contributed by atoms with Crippen LogP contribution < -0.4 is 10.2 Å². The van der Waals surface area contributed by atoms with E-state index in [1.165, 1.54) is 24.4 Å². The van der Waals surface area contributed by atoms with Gasteiger partial charge in [0, 0.05) is 30.4 Å². The molecule has 0 aliphatic carbocycles. The lowest BCUT2D eigenvalue weighted by Gasteiger charge is -2.19. The molecule has 0 radical (unpaired) electrons.